The van der Waals surface area contributed by atoms with Crippen LogP contribution in [-0.4, -0.2) is 4.98 Å². The van der Waals surface area contributed by atoms with Gasteiger partial charge in [0.15, 0.2) is 0 Å². The van der Waals surface area contributed by atoms with E-state index in [0.717, 1.165) is 0 Å². The number of aromatic nitrogens is 1. The number of H-pyrrole nitrogens is 1. The summed E-state index contributed by atoms with van der Waals surface area (Å²) in [6, 6.07) is 54.0. The molecule has 0 atom stereocenters. The third kappa shape index (κ3) is 3.30. The molecule has 0 unspecified atom stereocenters. The van der Waals surface area contributed by atoms with E-state index < -0.39 is 0 Å². The molecule has 1 heterocycles. The number of aromatic amines is 1. The Kier molecular flexibility index (Phi) is 5.12. The highest BCUT2D eigenvalue weighted by Crippen LogP contribution is 2.55. The van der Waals surface area contributed by atoms with Crippen molar-refractivity contribution in [2.24, 2.45) is 0 Å². The minimum atomic E-state index is -0.0960. The molecule has 0 saturated heterocycles. The SMILES string of the molecule is CC1(C)c2ccccc2-c2c1cc(-c1c3ccccc3c(-c3cccc4[nH]c5ccccc5c34)c3ccccc13)c1ccccc21. The van der Waals surface area contributed by atoms with Crippen molar-refractivity contribution in [2.75, 3.05) is 0 Å². The van der Waals surface area contributed by atoms with Gasteiger partial charge in [0, 0.05) is 27.2 Å². The van der Waals surface area contributed by atoms with E-state index in [4.69, 9.17) is 0 Å². The zero-order chi connectivity index (χ0) is 30.6. The molecule has 8 aromatic carbocycles. The molecule has 0 radical (unpaired) electrons. The molecule has 1 aliphatic rings. The van der Waals surface area contributed by atoms with E-state index in [9.17, 15) is 0 Å². The van der Waals surface area contributed by atoms with Gasteiger partial charge in [0.1, 0.15) is 0 Å². The maximum absolute atomic E-state index is 3.68. The molecule has 0 bridgehead atoms. The maximum atomic E-state index is 3.68. The van der Waals surface area contributed by atoms with Crippen molar-refractivity contribution in [3.05, 3.63) is 157 Å². The van der Waals surface area contributed by atoms with Gasteiger partial charge in [-0.3, -0.25) is 0 Å². The zero-order valence-electron chi connectivity index (χ0n) is 25.9. The summed E-state index contributed by atoms with van der Waals surface area (Å²) in [5, 5.41) is 10.3. The van der Waals surface area contributed by atoms with Crippen molar-refractivity contribution in [3.8, 4) is 33.4 Å². The molecule has 1 nitrogen and oxygen atoms in total. The quantitative estimate of drug-likeness (QED) is 0.194. The summed E-state index contributed by atoms with van der Waals surface area (Å²) in [6.45, 7) is 4.77. The summed E-state index contributed by atoms with van der Waals surface area (Å²) >= 11 is 0. The Bertz CT molecular complexity index is 2660. The lowest BCUT2D eigenvalue weighted by Gasteiger charge is -2.24. The molecule has 0 saturated carbocycles. The highest BCUT2D eigenvalue weighted by Gasteiger charge is 2.37. The van der Waals surface area contributed by atoms with Crippen LogP contribution in [0, 0.1) is 0 Å². The van der Waals surface area contributed by atoms with Gasteiger partial charge in [-0.2, -0.15) is 0 Å². The molecule has 1 aliphatic carbocycles. The molecule has 0 fully saturated rings. The van der Waals surface area contributed by atoms with Crippen LogP contribution >= 0.6 is 0 Å². The second-order valence-corrected chi connectivity index (χ2v) is 13.3. The van der Waals surface area contributed by atoms with E-state index in [1.807, 2.05) is 0 Å². The van der Waals surface area contributed by atoms with Crippen molar-refractivity contribution in [1.82, 2.24) is 4.98 Å². The van der Waals surface area contributed by atoms with Crippen molar-refractivity contribution < 1.29 is 0 Å². The van der Waals surface area contributed by atoms with Crippen LogP contribution in [0.4, 0.5) is 0 Å². The Morgan fingerprint density at radius 1 is 0.370 bits per heavy atom. The molecule has 9 aromatic rings. The molecular weight excluding hydrogens is 555 g/mol. The number of nitrogens with one attached hydrogen (secondary N) is 1. The average Bonchev–Trinajstić information content (AvgIpc) is 3.59. The van der Waals surface area contributed by atoms with Crippen LogP contribution in [-0.2, 0) is 5.41 Å². The molecule has 1 N–H and O–H groups in total. The molecule has 46 heavy (non-hydrogen) atoms. The first-order valence-electron chi connectivity index (χ1n) is 16.2. The molecule has 1 aromatic heterocycles. The summed E-state index contributed by atoms with van der Waals surface area (Å²) in [5.74, 6) is 0. The van der Waals surface area contributed by atoms with Gasteiger partial charge in [-0.05, 0) is 95.0 Å². The summed E-state index contributed by atoms with van der Waals surface area (Å²) < 4.78 is 0. The van der Waals surface area contributed by atoms with Gasteiger partial charge in [-0.1, -0.05) is 141 Å². The molecule has 10 rings (SSSR count). The smallest absolute Gasteiger partial charge is 0.0471 e. The van der Waals surface area contributed by atoms with E-state index in [-0.39, 0.29) is 5.41 Å². The van der Waals surface area contributed by atoms with Crippen LogP contribution in [0.5, 0.6) is 0 Å². The fourth-order valence-corrected chi connectivity index (χ4v) is 8.58. The summed E-state index contributed by atoms with van der Waals surface area (Å²) in [5.41, 5.74) is 13.0. The normalized spacial score (nSPS) is 13.6. The Morgan fingerprint density at radius 2 is 0.848 bits per heavy atom. The Hall–Kier alpha value is -5.66. The topological polar surface area (TPSA) is 15.8 Å². The Morgan fingerprint density at radius 3 is 1.52 bits per heavy atom. The van der Waals surface area contributed by atoms with E-state index >= 15 is 0 Å². The van der Waals surface area contributed by atoms with Crippen LogP contribution in [0.3, 0.4) is 0 Å². The second-order valence-electron chi connectivity index (χ2n) is 13.3. The van der Waals surface area contributed by atoms with Crippen molar-refractivity contribution in [2.45, 2.75) is 19.3 Å². The molecule has 0 amide bonds. The van der Waals surface area contributed by atoms with Gasteiger partial charge in [0.05, 0.1) is 0 Å². The second kappa shape index (κ2) is 9.19. The first kappa shape index (κ1) is 25.6. The Balaban J connectivity index is 1.38. The van der Waals surface area contributed by atoms with E-state index in [0.29, 0.717) is 0 Å². The third-order valence-electron chi connectivity index (χ3n) is 10.6. The molecule has 0 spiro atoms. The molecule has 0 aliphatic heterocycles. The monoisotopic (exact) mass is 585 g/mol. The van der Waals surface area contributed by atoms with Gasteiger partial charge in [-0.25, -0.2) is 0 Å². The summed E-state index contributed by atoms with van der Waals surface area (Å²) in [4.78, 5) is 3.68. The highest BCUT2D eigenvalue weighted by atomic mass is 14.7. The fraction of sp³-hybridized carbons (Fsp3) is 0.0667. The average molecular weight is 586 g/mol. The van der Waals surface area contributed by atoms with Crippen LogP contribution in [0.15, 0.2) is 146 Å². The molecule has 216 valence electrons. The zero-order valence-corrected chi connectivity index (χ0v) is 25.9. The van der Waals surface area contributed by atoms with Gasteiger partial charge < -0.3 is 4.98 Å². The minimum Gasteiger partial charge on any atom is -0.354 e. The fourth-order valence-electron chi connectivity index (χ4n) is 8.58. The van der Waals surface area contributed by atoms with E-state index in [2.05, 4.69) is 164 Å². The molecule has 1 heteroatoms. The van der Waals surface area contributed by atoms with E-state index in [1.54, 1.807) is 0 Å². The number of rotatable bonds is 2. The first-order valence-corrected chi connectivity index (χ1v) is 16.2. The van der Waals surface area contributed by atoms with E-state index in [1.165, 1.54) is 98.6 Å². The lowest BCUT2D eigenvalue weighted by molar-refractivity contribution is 0.661. The third-order valence-corrected chi connectivity index (χ3v) is 10.6. The van der Waals surface area contributed by atoms with Crippen LogP contribution in [0.25, 0.3) is 87.5 Å². The van der Waals surface area contributed by atoms with Gasteiger partial charge in [0.2, 0.25) is 0 Å². The van der Waals surface area contributed by atoms with Gasteiger partial charge in [0.25, 0.3) is 0 Å². The van der Waals surface area contributed by atoms with Crippen molar-refractivity contribution in [1.29, 1.82) is 0 Å². The predicted octanol–water partition coefficient (Wildman–Crippen LogP) is 12.4. The van der Waals surface area contributed by atoms with Crippen molar-refractivity contribution >= 4 is 54.1 Å². The standard InChI is InChI=1S/C45H31N/c1-45(2)37-23-11-9-20-33(37)43-28-15-4-3-14-27(28)36(26-38(43)45)42-31-18-7-5-16-29(31)41(30-17-6-8-19-32(30)42)35-22-13-25-40-44(35)34-21-10-12-24-39(34)46-40/h3-26,46H,1-2H3. The summed E-state index contributed by atoms with van der Waals surface area (Å²) in [7, 11) is 0. The lowest BCUT2D eigenvalue weighted by atomic mass is 9.79. The summed E-state index contributed by atoms with van der Waals surface area (Å²) in [6.07, 6.45) is 0. The maximum Gasteiger partial charge on any atom is 0.0471 e. The number of fused-ring (bicyclic) bond motifs is 10. The van der Waals surface area contributed by atoms with Crippen LogP contribution in [0.2, 0.25) is 0 Å². The first-order chi connectivity index (χ1) is 22.6. The number of hydrogen-bond donors (Lipinski definition) is 1. The lowest BCUT2D eigenvalue weighted by Crippen LogP contribution is -2.15. The van der Waals surface area contributed by atoms with Crippen LogP contribution in [0.1, 0.15) is 25.0 Å². The van der Waals surface area contributed by atoms with Crippen molar-refractivity contribution in [3.63, 3.8) is 0 Å². The number of hydrogen-bond acceptors (Lipinski definition) is 0. The minimum absolute atomic E-state index is 0.0960. The Labute approximate surface area is 267 Å². The molecular formula is C45H31N. The van der Waals surface area contributed by atoms with Gasteiger partial charge in [-0.15, -0.1) is 0 Å². The predicted molar refractivity (Wildman–Crippen MR) is 197 cm³/mol. The van der Waals surface area contributed by atoms with Gasteiger partial charge >= 0.3 is 0 Å². The number of benzene rings is 8. The number of para-hydroxylation sites is 1. The highest BCUT2D eigenvalue weighted by molar-refractivity contribution is 6.27. The largest absolute Gasteiger partial charge is 0.354 e. The van der Waals surface area contributed by atoms with Crippen LogP contribution < -0.4 is 0 Å².